The van der Waals surface area contributed by atoms with Gasteiger partial charge in [-0.15, -0.1) is 0 Å². The molecule has 2 nitrogen and oxygen atoms in total. The van der Waals surface area contributed by atoms with E-state index in [1.54, 1.807) is 0 Å². The summed E-state index contributed by atoms with van der Waals surface area (Å²) >= 11 is 0. The minimum atomic E-state index is -4.90. The molecule has 1 rings (SSSR count). The average molecular weight is 190 g/mol. The first kappa shape index (κ1) is 9.57. The lowest BCUT2D eigenvalue weighted by Crippen LogP contribution is -2.22. The van der Waals surface area contributed by atoms with Crippen molar-refractivity contribution in [2.75, 3.05) is 0 Å². The fourth-order valence-electron chi connectivity index (χ4n) is 0.811. The minimum Gasteiger partial charge on any atom is -0.508 e. The van der Waals surface area contributed by atoms with E-state index in [9.17, 15) is 18.0 Å². The number of carbonyl (C=O) groups is 1. The van der Waals surface area contributed by atoms with Gasteiger partial charge in [0.2, 0.25) is 0 Å². The van der Waals surface area contributed by atoms with E-state index in [1.807, 2.05) is 0 Å². The molecule has 0 spiro atoms. The topological polar surface area (TPSA) is 37.3 Å². The highest BCUT2D eigenvalue weighted by Crippen LogP contribution is 2.23. The van der Waals surface area contributed by atoms with Crippen molar-refractivity contribution in [3.63, 3.8) is 0 Å². The van der Waals surface area contributed by atoms with Gasteiger partial charge in [0.1, 0.15) is 5.75 Å². The molecule has 1 aromatic carbocycles. The van der Waals surface area contributed by atoms with Crippen molar-refractivity contribution in [3.8, 4) is 5.75 Å². The summed E-state index contributed by atoms with van der Waals surface area (Å²) in [5.41, 5.74) is -0.562. The smallest absolute Gasteiger partial charge is 0.454 e. The lowest BCUT2D eigenvalue weighted by Gasteiger charge is -2.04. The molecule has 0 saturated carbocycles. The zero-order valence-electron chi connectivity index (χ0n) is 6.30. The first-order valence-corrected chi connectivity index (χ1v) is 3.32. The molecule has 0 amide bonds. The average Bonchev–Trinajstić information content (AvgIpc) is 2.01. The maximum atomic E-state index is 11.8. The summed E-state index contributed by atoms with van der Waals surface area (Å²) in [5, 5.41) is 8.81. The second kappa shape index (κ2) is 3.08. The largest absolute Gasteiger partial charge is 0.508 e. The maximum absolute atomic E-state index is 11.8. The third-order valence-corrected chi connectivity index (χ3v) is 1.37. The van der Waals surface area contributed by atoms with Crippen LogP contribution in [0.5, 0.6) is 5.75 Å². The van der Waals surface area contributed by atoms with Crippen LogP contribution in [0.25, 0.3) is 0 Å². The van der Waals surface area contributed by atoms with Gasteiger partial charge in [-0.05, 0) is 12.1 Å². The number of halogens is 3. The van der Waals surface area contributed by atoms with Gasteiger partial charge < -0.3 is 5.11 Å². The van der Waals surface area contributed by atoms with E-state index in [2.05, 4.69) is 0 Å². The van der Waals surface area contributed by atoms with Gasteiger partial charge in [0.05, 0.1) is 0 Å². The Hall–Kier alpha value is -1.52. The Morgan fingerprint density at radius 1 is 1.31 bits per heavy atom. The zero-order chi connectivity index (χ0) is 10.1. The number of aromatic hydroxyl groups is 1. The Morgan fingerprint density at radius 3 is 2.38 bits per heavy atom. The highest BCUT2D eigenvalue weighted by Gasteiger charge is 2.39. The third-order valence-electron chi connectivity index (χ3n) is 1.37. The van der Waals surface area contributed by atoms with E-state index in [0.29, 0.717) is 0 Å². The number of alkyl halides is 3. The number of ketones is 1. The van der Waals surface area contributed by atoms with Crippen LogP contribution in [0, 0.1) is 0 Å². The lowest BCUT2D eigenvalue weighted by atomic mass is 10.1. The molecule has 0 aliphatic heterocycles. The van der Waals surface area contributed by atoms with Gasteiger partial charge in [0.25, 0.3) is 5.78 Å². The van der Waals surface area contributed by atoms with E-state index < -0.39 is 17.5 Å². The summed E-state index contributed by atoms with van der Waals surface area (Å²) in [6.07, 6.45) is -4.90. The second-order valence-electron chi connectivity index (χ2n) is 2.38. The van der Waals surface area contributed by atoms with E-state index in [-0.39, 0.29) is 5.75 Å². The number of Topliss-reactive ketones (excluding diaryl/α,β-unsaturated/α-hetero) is 1. The van der Waals surface area contributed by atoms with Crippen LogP contribution in [0.1, 0.15) is 10.4 Å². The molecule has 0 fully saturated rings. The number of benzene rings is 1. The summed E-state index contributed by atoms with van der Waals surface area (Å²) < 4.78 is 35.5. The molecule has 5 heteroatoms. The lowest BCUT2D eigenvalue weighted by molar-refractivity contribution is -0.0885. The Balaban J connectivity index is 3.03. The van der Waals surface area contributed by atoms with Crippen molar-refractivity contribution in [1.82, 2.24) is 0 Å². The molecule has 0 atom stereocenters. The van der Waals surface area contributed by atoms with Crippen molar-refractivity contribution < 1.29 is 23.1 Å². The monoisotopic (exact) mass is 190 g/mol. The number of phenols is 1. The Kier molecular flexibility index (Phi) is 2.27. The highest BCUT2D eigenvalue weighted by molar-refractivity contribution is 6.00. The SMILES string of the molecule is O=C(c1cccc(O)c1)C(F)(F)F. The van der Waals surface area contributed by atoms with Gasteiger partial charge in [-0.25, -0.2) is 0 Å². The normalized spacial score (nSPS) is 11.3. The van der Waals surface area contributed by atoms with Crippen LogP contribution in [-0.4, -0.2) is 17.1 Å². The summed E-state index contributed by atoms with van der Waals surface area (Å²) in [7, 11) is 0. The van der Waals surface area contributed by atoms with Crippen molar-refractivity contribution in [1.29, 1.82) is 0 Å². The van der Waals surface area contributed by atoms with Gasteiger partial charge in [0, 0.05) is 5.56 Å². The van der Waals surface area contributed by atoms with E-state index in [1.165, 1.54) is 12.1 Å². The molecule has 0 aliphatic rings. The van der Waals surface area contributed by atoms with Gasteiger partial charge >= 0.3 is 6.18 Å². The third kappa shape index (κ3) is 2.21. The number of phenolic OH excluding ortho intramolecular Hbond substituents is 1. The Labute approximate surface area is 71.6 Å². The van der Waals surface area contributed by atoms with Crippen LogP contribution >= 0.6 is 0 Å². The first-order valence-electron chi connectivity index (χ1n) is 3.32. The molecule has 70 valence electrons. The number of rotatable bonds is 1. The number of carbonyl (C=O) groups excluding carboxylic acids is 1. The van der Waals surface area contributed by atoms with Crippen LogP contribution < -0.4 is 0 Å². The molecular weight excluding hydrogens is 185 g/mol. The molecule has 0 bridgehead atoms. The molecule has 0 heterocycles. The first-order chi connectivity index (χ1) is 5.91. The van der Waals surface area contributed by atoms with Crippen molar-refractivity contribution in [2.45, 2.75) is 6.18 Å². The summed E-state index contributed by atoms with van der Waals surface area (Å²) in [5.74, 6) is -2.32. The zero-order valence-corrected chi connectivity index (χ0v) is 6.30. The Morgan fingerprint density at radius 2 is 1.92 bits per heavy atom. The van der Waals surface area contributed by atoms with Gasteiger partial charge in [-0.1, -0.05) is 12.1 Å². The van der Waals surface area contributed by atoms with Crippen LogP contribution in [0.4, 0.5) is 13.2 Å². The molecule has 0 unspecified atom stereocenters. The molecule has 0 saturated heterocycles. The van der Waals surface area contributed by atoms with Gasteiger partial charge in [-0.2, -0.15) is 13.2 Å². The summed E-state index contributed by atoms with van der Waals surface area (Å²) in [6, 6.07) is 4.13. The number of hydrogen-bond acceptors (Lipinski definition) is 2. The van der Waals surface area contributed by atoms with Gasteiger partial charge in [0.15, 0.2) is 0 Å². The van der Waals surface area contributed by atoms with Crippen LogP contribution in [0.2, 0.25) is 0 Å². The maximum Gasteiger partial charge on any atom is 0.454 e. The molecule has 0 radical (unpaired) electrons. The molecule has 0 aliphatic carbocycles. The highest BCUT2D eigenvalue weighted by atomic mass is 19.4. The van der Waals surface area contributed by atoms with Crippen LogP contribution in [0.15, 0.2) is 24.3 Å². The fourth-order valence-corrected chi connectivity index (χ4v) is 0.811. The summed E-state index contributed by atoms with van der Waals surface area (Å²) in [6.45, 7) is 0. The van der Waals surface area contributed by atoms with Gasteiger partial charge in [-0.3, -0.25) is 4.79 Å². The van der Waals surface area contributed by atoms with Crippen molar-refractivity contribution in [2.24, 2.45) is 0 Å². The fraction of sp³-hybridized carbons (Fsp3) is 0.125. The van der Waals surface area contributed by atoms with Crippen molar-refractivity contribution in [3.05, 3.63) is 29.8 Å². The minimum absolute atomic E-state index is 0.366. The van der Waals surface area contributed by atoms with Crippen LogP contribution in [0.3, 0.4) is 0 Å². The predicted octanol–water partition coefficient (Wildman–Crippen LogP) is 2.14. The van der Waals surface area contributed by atoms with E-state index in [4.69, 9.17) is 5.11 Å². The second-order valence-corrected chi connectivity index (χ2v) is 2.38. The van der Waals surface area contributed by atoms with E-state index >= 15 is 0 Å². The predicted molar refractivity (Wildman–Crippen MR) is 38.5 cm³/mol. The van der Waals surface area contributed by atoms with Crippen molar-refractivity contribution >= 4 is 5.78 Å². The molecule has 1 aromatic rings. The Bertz CT molecular complexity index is 330. The number of hydrogen-bond donors (Lipinski definition) is 1. The summed E-state index contributed by atoms with van der Waals surface area (Å²) in [4.78, 5) is 10.6. The molecule has 13 heavy (non-hydrogen) atoms. The molecule has 1 N–H and O–H groups in total. The standard InChI is InChI=1S/C8H5F3O2/c9-8(10,11)7(13)5-2-1-3-6(12)4-5/h1-4,12H. The van der Waals surface area contributed by atoms with E-state index in [0.717, 1.165) is 12.1 Å². The molecule has 0 aromatic heterocycles. The quantitative estimate of drug-likeness (QED) is 0.689. The molecular formula is C8H5F3O2. The van der Waals surface area contributed by atoms with Crippen LogP contribution in [-0.2, 0) is 0 Å².